The molecule has 4 nitrogen and oxygen atoms in total. The zero-order chi connectivity index (χ0) is 14.0. The van der Waals surface area contributed by atoms with E-state index in [4.69, 9.17) is 11.6 Å². The summed E-state index contributed by atoms with van der Waals surface area (Å²) < 4.78 is 0. The van der Waals surface area contributed by atoms with Crippen molar-refractivity contribution in [1.29, 1.82) is 0 Å². The van der Waals surface area contributed by atoms with Crippen LogP contribution in [-0.2, 0) is 0 Å². The van der Waals surface area contributed by atoms with Gasteiger partial charge in [-0.3, -0.25) is 10.1 Å². The molecule has 0 aromatic heterocycles. The second kappa shape index (κ2) is 5.37. The molecule has 1 saturated carbocycles. The first-order valence-corrected chi connectivity index (χ1v) is 6.96. The molecule has 0 aliphatic heterocycles. The predicted octanol–water partition coefficient (Wildman–Crippen LogP) is 4.63. The Kier molecular flexibility index (Phi) is 3.99. The molecule has 0 amide bonds. The Morgan fingerprint density at radius 2 is 2.21 bits per heavy atom. The van der Waals surface area contributed by atoms with Crippen molar-refractivity contribution in [2.75, 3.05) is 5.32 Å². The average molecular weight is 283 g/mol. The van der Waals surface area contributed by atoms with E-state index < -0.39 is 4.92 Å². The van der Waals surface area contributed by atoms with Gasteiger partial charge >= 0.3 is 0 Å². The molecule has 1 fully saturated rings. The lowest BCUT2D eigenvalue weighted by Gasteiger charge is -2.36. The van der Waals surface area contributed by atoms with Gasteiger partial charge in [-0.25, -0.2) is 0 Å². The van der Waals surface area contributed by atoms with Crippen LogP contribution < -0.4 is 5.32 Å². The molecule has 1 atom stereocenters. The Morgan fingerprint density at radius 3 is 2.79 bits per heavy atom. The summed E-state index contributed by atoms with van der Waals surface area (Å²) in [5.74, 6) is 0. The molecule has 0 spiro atoms. The molecule has 1 N–H and O–H groups in total. The number of anilines is 1. The third-order valence-corrected chi connectivity index (χ3v) is 4.02. The molecule has 2 rings (SSSR count). The molecule has 1 aliphatic rings. The second-order valence-electron chi connectivity index (χ2n) is 6.03. The fraction of sp³-hybridized carbons (Fsp3) is 0.571. The van der Waals surface area contributed by atoms with E-state index in [9.17, 15) is 10.1 Å². The number of hydrogen-bond acceptors (Lipinski definition) is 3. The number of nitro benzene ring substituents is 1. The zero-order valence-corrected chi connectivity index (χ0v) is 12.0. The van der Waals surface area contributed by atoms with E-state index >= 15 is 0 Å². The van der Waals surface area contributed by atoms with Crippen LogP contribution in [-0.4, -0.2) is 11.0 Å². The van der Waals surface area contributed by atoms with E-state index in [1.54, 1.807) is 12.1 Å². The number of nitrogens with one attached hydrogen (secondary N) is 1. The van der Waals surface area contributed by atoms with Gasteiger partial charge in [-0.05, 0) is 36.8 Å². The standard InChI is InChI=1S/C14H19ClN2O2/c1-14(2)7-3-4-11(9-14)16-10-5-6-13(17(18)19)12(15)8-10/h5-6,8,11,16H,3-4,7,9H2,1-2H3. The molecule has 1 unspecified atom stereocenters. The lowest BCUT2D eigenvalue weighted by Crippen LogP contribution is -2.31. The molecule has 0 heterocycles. The Balaban J connectivity index is 2.07. The maximum atomic E-state index is 10.7. The van der Waals surface area contributed by atoms with Gasteiger partial charge in [0.15, 0.2) is 0 Å². The fourth-order valence-electron chi connectivity index (χ4n) is 2.80. The monoisotopic (exact) mass is 282 g/mol. The first-order chi connectivity index (χ1) is 8.87. The highest BCUT2D eigenvalue weighted by Gasteiger charge is 2.28. The minimum absolute atomic E-state index is 0.0452. The van der Waals surface area contributed by atoms with Crippen LogP contribution in [0.25, 0.3) is 0 Å². The zero-order valence-electron chi connectivity index (χ0n) is 11.3. The summed E-state index contributed by atoms with van der Waals surface area (Å²) in [6.07, 6.45) is 4.72. The number of rotatable bonds is 3. The summed E-state index contributed by atoms with van der Waals surface area (Å²) in [5, 5.41) is 14.3. The topological polar surface area (TPSA) is 55.2 Å². The number of nitro groups is 1. The molecule has 1 aliphatic carbocycles. The van der Waals surface area contributed by atoms with Crippen LogP contribution in [0.3, 0.4) is 0 Å². The largest absolute Gasteiger partial charge is 0.382 e. The molecular formula is C14H19ClN2O2. The third kappa shape index (κ3) is 3.60. The van der Waals surface area contributed by atoms with E-state index in [0.29, 0.717) is 11.5 Å². The van der Waals surface area contributed by atoms with E-state index in [0.717, 1.165) is 18.5 Å². The number of nitrogens with zero attached hydrogens (tertiary/aromatic N) is 1. The van der Waals surface area contributed by atoms with Crippen LogP contribution in [0, 0.1) is 15.5 Å². The molecule has 0 bridgehead atoms. The van der Waals surface area contributed by atoms with Crippen molar-refractivity contribution in [3.63, 3.8) is 0 Å². The van der Waals surface area contributed by atoms with Crippen molar-refractivity contribution >= 4 is 23.0 Å². The summed E-state index contributed by atoms with van der Waals surface area (Å²) in [6, 6.07) is 5.24. The Morgan fingerprint density at radius 1 is 1.47 bits per heavy atom. The fourth-order valence-corrected chi connectivity index (χ4v) is 3.05. The minimum Gasteiger partial charge on any atom is -0.382 e. The molecule has 1 aromatic rings. The van der Waals surface area contributed by atoms with Gasteiger partial charge in [0, 0.05) is 17.8 Å². The summed E-state index contributed by atoms with van der Waals surface area (Å²) in [5.41, 5.74) is 1.18. The van der Waals surface area contributed by atoms with Gasteiger partial charge in [-0.15, -0.1) is 0 Å². The van der Waals surface area contributed by atoms with Crippen LogP contribution in [0.5, 0.6) is 0 Å². The highest BCUT2D eigenvalue weighted by molar-refractivity contribution is 6.32. The Labute approximate surface area is 118 Å². The molecular weight excluding hydrogens is 264 g/mol. The highest BCUT2D eigenvalue weighted by atomic mass is 35.5. The normalized spacial score (nSPS) is 21.9. The Bertz CT molecular complexity index is 488. The summed E-state index contributed by atoms with van der Waals surface area (Å²) in [4.78, 5) is 10.2. The van der Waals surface area contributed by atoms with Crippen molar-refractivity contribution in [2.24, 2.45) is 5.41 Å². The highest BCUT2D eigenvalue weighted by Crippen LogP contribution is 2.37. The molecule has 104 valence electrons. The van der Waals surface area contributed by atoms with Gasteiger partial charge < -0.3 is 5.32 Å². The summed E-state index contributed by atoms with van der Waals surface area (Å²) in [7, 11) is 0. The summed E-state index contributed by atoms with van der Waals surface area (Å²) >= 11 is 5.92. The van der Waals surface area contributed by atoms with E-state index in [2.05, 4.69) is 19.2 Å². The van der Waals surface area contributed by atoms with Gasteiger partial charge in [-0.1, -0.05) is 31.9 Å². The van der Waals surface area contributed by atoms with Gasteiger partial charge in [0.05, 0.1) is 4.92 Å². The average Bonchev–Trinajstić information content (AvgIpc) is 2.27. The first-order valence-electron chi connectivity index (χ1n) is 6.58. The van der Waals surface area contributed by atoms with Crippen LogP contribution in [0.1, 0.15) is 39.5 Å². The first kappa shape index (κ1) is 14.1. The third-order valence-electron chi connectivity index (χ3n) is 3.72. The Hall–Kier alpha value is -1.29. The SMILES string of the molecule is CC1(C)CCCC(Nc2ccc([N+](=O)[O-])c(Cl)c2)C1. The maximum absolute atomic E-state index is 10.7. The van der Waals surface area contributed by atoms with E-state index in [-0.39, 0.29) is 10.7 Å². The van der Waals surface area contributed by atoms with Crippen molar-refractivity contribution in [1.82, 2.24) is 0 Å². The van der Waals surface area contributed by atoms with Gasteiger partial charge in [-0.2, -0.15) is 0 Å². The molecule has 5 heteroatoms. The summed E-state index contributed by atoms with van der Waals surface area (Å²) in [6.45, 7) is 4.56. The van der Waals surface area contributed by atoms with Crippen molar-refractivity contribution in [2.45, 2.75) is 45.6 Å². The molecule has 0 saturated heterocycles. The smallest absolute Gasteiger partial charge is 0.288 e. The lowest BCUT2D eigenvalue weighted by atomic mass is 9.75. The van der Waals surface area contributed by atoms with Gasteiger partial charge in [0.25, 0.3) is 5.69 Å². The molecule has 1 aromatic carbocycles. The molecule has 0 radical (unpaired) electrons. The van der Waals surface area contributed by atoms with Crippen LogP contribution in [0.2, 0.25) is 5.02 Å². The maximum Gasteiger partial charge on any atom is 0.288 e. The quantitative estimate of drug-likeness (QED) is 0.649. The number of halogens is 1. The van der Waals surface area contributed by atoms with E-state index in [1.807, 2.05) is 0 Å². The van der Waals surface area contributed by atoms with Gasteiger partial charge in [0.1, 0.15) is 5.02 Å². The van der Waals surface area contributed by atoms with Crippen molar-refractivity contribution < 1.29 is 4.92 Å². The lowest BCUT2D eigenvalue weighted by molar-refractivity contribution is -0.384. The molecule has 19 heavy (non-hydrogen) atoms. The second-order valence-corrected chi connectivity index (χ2v) is 6.43. The van der Waals surface area contributed by atoms with E-state index in [1.165, 1.54) is 18.9 Å². The predicted molar refractivity (Wildman–Crippen MR) is 77.8 cm³/mol. The van der Waals surface area contributed by atoms with Crippen molar-refractivity contribution in [3.8, 4) is 0 Å². The number of hydrogen-bond donors (Lipinski definition) is 1. The van der Waals surface area contributed by atoms with Crippen molar-refractivity contribution in [3.05, 3.63) is 33.3 Å². The van der Waals surface area contributed by atoms with Crippen LogP contribution in [0.15, 0.2) is 18.2 Å². The number of benzene rings is 1. The van der Waals surface area contributed by atoms with Gasteiger partial charge in [0.2, 0.25) is 0 Å². The van der Waals surface area contributed by atoms with Crippen LogP contribution >= 0.6 is 11.6 Å². The minimum atomic E-state index is -0.462. The van der Waals surface area contributed by atoms with Crippen LogP contribution in [0.4, 0.5) is 11.4 Å².